The van der Waals surface area contributed by atoms with Crippen molar-refractivity contribution in [2.45, 2.75) is 39.2 Å². The number of fused-ring (bicyclic) bond motifs is 1. The quantitative estimate of drug-likeness (QED) is 0.746. The van der Waals surface area contributed by atoms with E-state index in [1.165, 1.54) is 30.2 Å². The maximum absolute atomic E-state index is 5.84. The normalized spacial score (nSPS) is 28.7. The van der Waals surface area contributed by atoms with Crippen LogP contribution in [-0.2, 0) is 0 Å². The predicted octanol–water partition coefficient (Wildman–Crippen LogP) is 4.22. The lowest BCUT2D eigenvalue weighted by Crippen LogP contribution is -2.22. The molecule has 0 saturated heterocycles. The average Bonchev–Trinajstić information content (AvgIpc) is 2.75. The van der Waals surface area contributed by atoms with Crippen LogP contribution in [0.1, 0.15) is 39.2 Å². The van der Waals surface area contributed by atoms with E-state index in [9.17, 15) is 0 Å². The summed E-state index contributed by atoms with van der Waals surface area (Å²) in [4.78, 5) is 0. The molecule has 3 rings (SSSR count). The summed E-state index contributed by atoms with van der Waals surface area (Å²) in [5, 5.41) is 1.27. The number of aromatic nitrogens is 1. The summed E-state index contributed by atoms with van der Waals surface area (Å²) in [7, 11) is 0. The molecule has 0 amide bonds. The van der Waals surface area contributed by atoms with E-state index in [1.807, 2.05) is 6.07 Å². The lowest BCUT2D eigenvalue weighted by Gasteiger charge is -2.33. The molecule has 0 spiro atoms. The highest BCUT2D eigenvalue weighted by Crippen LogP contribution is 2.37. The fraction of sp³-hybridized carbons (Fsp3) is 0.500. The summed E-state index contributed by atoms with van der Waals surface area (Å²) in [5.41, 5.74) is 8.02. The highest BCUT2D eigenvalue weighted by Gasteiger charge is 2.25. The molecule has 1 heterocycles. The molecule has 1 aromatic carbocycles. The van der Waals surface area contributed by atoms with E-state index >= 15 is 0 Å². The van der Waals surface area contributed by atoms with Gasteiger partial charge >= 0.3 is 0 Å². The van der Waals surface area contributed by atoms with Crippen molar-refractivity contribution in [2.75, 3.05) is 5.73 Å². The van der Waals surface area contributed by atoms with Crippen molar-refractivity contribution in [1.29, 1.82) is 0 Å². The van der Waals surface area contributed by atoms with E-state index in [1.54, 1.807) is 0 Å². The molecule has 96 valence electrons. The zero-order valence-corrected chi connectivity index (χ0v) is 11.3. The lowest BCUT2D eigenvalue weighted by atomic mass is 9.79. The largest absolute Gasteiger partial charge is 0.399 e. The van der Waals surface area contributed by atoms with Gasteiger partial charge in [-0.2, -0.15) is 0 Å². The number of anilines is 1. The summed E-state index contributed by atoms with van der Waals surface area (Å²) >= 11 is 0. The minimum absolute atomic E-state index is 0.664. The molecule has 3 unspecified atom stereocenters. The molecule has 1 saturated carbocycles. The molecule has 0 bridgehead atoms. The van der Waals surface area contributed by atoms with E-state index < -0.39 is 0 Å². The third kappa shape index (κ3) is 1.90. The molecule has 1 fully saturated rings. The first-order chi connectivity index (χ1) is 8.65. The number of nitrogens with zero attached hydrogens (tertiary/aromatic N) is 1. The third-order valence-electron chi connectivity index (χ3n) is 4.71. The van der Waals surface area contributed by atoms with Crippen LogP contribution in [0.4, 0.5) is 5.69 Å². The number of nitrogen functional groups attached to an aromatic ring is 1. The molecule has 1 aromatic heterocycles. The van der Waals surface area contributed by atoms with Gasteiger partial charge in [-0.25, -0.2) is 0 Å². The van der Waals surface area contributed by atoms with E-state index in [0.717, 1.165) is 17.5 Å². The number of rotatable bonds is 1. The molecule has 2 nitrogen and oxygen atoms in total. The molecule has 3 atom stereocenters. The summed E-state index contributed by atoms with van der Waals surface area (Å²) < 4.78 is 2.46. The molecular formula is C16H22N2. The SMILES string of the molecule is CC1CCC(n2ccc3cc(N)ccc32)CC1C. The first kappa shape index (κ1) is 11.6. The van der Waals surface area contributed by atoms with Gasteiger partial charge < -0.3 is 10.3 Å². The molecule has 1 aliphatic rings. The van der Waals surface area contributed by atoms with Crippen LogP contribution in [0.2, 0.25) is 0 Å². The summed E-state index contributed by atoms with van der Waals surface area (Å²) in [6.45, 7) is 4.77. The topological polar surface area (TPSA) is 30.9 Å². The minimum Gasteiger partial charge on any atom is -0.399 e. The summed E-state index contributed by atoms with van der Waals surface area (Å²) in [6, 6.07) is 9.09. The Morgan fingerprint density at radius 1 is 1.11 bits per heavy atom. The minimum atomic E-state index is 0.664. The van der Waals surface area contributed by atoms with Gasteiger partial charge in [-0.05, 0) is 55.4 Å². The fourth-order valence-electron chi connectivity index (χ4n) is 3.27. The Morgan fingerprint density at radius 3 is 2.72 bits per heavy atom. The zero-order valence-electron chi connectivity index (χ0n) is 11.3. The number of benzene rings is 1. The lowest BCUT2D eigenvalue weighted by molar-refractivity contribution is 0.214. The maximum Gasteiger partial charge on any atom is 0.0484 e. The molecule has 0 radical (unpaired) electrons. The zero-order chi connectivity index (χ0) is 12.7. The number of nitrogens with two attached hydrogens (primary N) is 1. The van der Waals surface area contributed by atoms with Gasteiger partial charge in [-0.1, -0.05) is 13.8 Å². The van der Waals surface area contributed by atoms with E-state index in [0.29, 0.717) is 6.04 Å². The van der Waals surface area contributed by atoms with Gasteiger partial charge in [0.25, 0.3) is 0 Å². The van der Waals surface area contributed by atoms with Crippen LogP contribution in [0, 0.1) is 11.8 Å². The second-order valence-electron chi connectivity index (χ2n) is 5.96. The smallest absolute Gasteiger partial charge is 0.0484 e. The maximum atomic E-state index is 5.84. The van der Waals surface area contributed by atoms with Crippen LogP contribution in [-0.4, -0.2) is 4.57 Å². The van der Waals surface area contributed by atoms with Gasteiger partial charge in [-0.15, -0.1) is 0 Å². The Labute approximate surface area is 109 Å². The molecule has 18 heavy (non-hydrogen) atoms. The van der Waals surface area contributed by atoms with Crippen molar-refractivity contribution in [3.8, 4) is 0 Å². The second-order valence-corrected chi connectivity index (χ2v) is 5.96. The van der Waals surface area contributed by atoms with Crippen molar-refractivity contribution >= 4 is 16.6 Å². The van der Waals surface area contributed by atoms with Crippen LogP contribution >= 0.6 is 0 Å². The Bertz CT molecular complexity index is 555. The highest BCUT2D eigenvalue weighted by molar-refractivity contribution is 5.83. The van der Waals surface area contributed by atoms with Crippen molar-refractivity contribution in [3.05, 3.63) is 30.5 Å². The van der Waals surface area contributed by atoms with Gasteiger partial charge in [0.1, 0.15) is 0 Å². The number of hydrogen-bond donors (Lipinski definition) is 1. The van der Waals surface area contributed by atoms with Crippen molar-refractivity contribution in [1.82, 2.24) is 4.57 Å². The van der Waals surface area contributed by atoms with Gasteiger partial charge in [0, 0.05) is 28.8 Å². The van der Waals surface area contributed by atoms with E-state index in [2.05, 4.69) is 42.8 Å². The number of hydrogen-bond acceptors (Lipinski definition) is 1. The van der Waals surface area contributed by atoms with Crippen LogP contribution in [0.3, 0.4) is 0 Å². The molecule has 2 heteroatoms. The predicted molar refractivity (Wildman–Crippen MR) is 77.6 cm³/mol. The average molecular weight is 242 g/mol. The van der Waals surface area contributed by atoms with E-state index in [4.69, 9.17) is 5.73 Å². The monoisotopic (exact) mass is 242 g/mol. The molecular weight excluding hydrogens is 220 g/mol. The fourth-order valence-corrected chi connectivity index (χ4v) is 3.27. The van der Waals surface area contributed by atoms with Crippen LogP contribution in [0.25, 0.3) is 10.9 Å². The molecule has 0 aliphatic heterocycles. The van der Waals surface area contributed by atoms with Crippen molar-refractivity contribution < 1.29 is 0 Å². The molecule has 2 aromatic rings. The molecule has 1 aliphatic carbocycles. The third-order valence-corrected chi connectivity index (χ3v) is 4.71. The van der Waals surface area contributed by atoms with E-state index in [-0.39, 0.29) is 0 Å². The van der Waals surface area contributed by atoms with Crippen molar-refractivity contribution in [3.63, 3.8) is 0 Å². The highest BCUT2D eigenvalue weighted by atomic mass is 15.0. The Kier molecular flexibility index (Phi) is 2.81. The first-order valence-electron chi connectivity index (χ1n) is 7.01. The molecule has 2 N–H and O–H groups in total. The summed E-state index contributed by atoms with van der Waals surface area (Å²) in [6.07, 6.45) is 6.19. The van der Waals surface area contributed by atoms with Gasteiger partial charge in [0.15, 0.2) is 0 Å². The van der Waals surface area contributed by atoms with Gasteiger partial charge in [-0.3, -0.25) is 0 Å². The van der Waals surface area contributed by atoms with Gasteiger partial charge in [0.2, 0.25) is 0 Å². The Hall–Kier alpha value is -1.44. The first-order valence-corrected chi connectivity index (χ1v) is 7.01. The van der Waals surface area contributed by atoms with Gasteiger partial charge in [0.05, 0.1) is 0 Å². The standard InChI is InChI=1S/C16H22N2/c1-11-3-5-15(9-12(11)2)18-8-7-13-10-14(17)4-6-16(13)18/h4,6-8,10-12,15H,3,5,9,17H2,1-2H3. The second kappa shape index (κ2) is 4.34. The van der Waals surface area contributed by atoms with Crippen LogP contribution in [0.5, 0.6) is 0 Å². The summed E-state index contributed by atoms with van der Waals surface area (Å²) in [5.74, 6) is 1.70. The Balaban J connectivity index is 1.95. The van der Waals surface area contributed by atoms with Crippen LogP contribution in [0.15, 0.2) is 30.5 Å². The Morgan fingerprint density at radius 2 is 1.94 bits per heavy atom. The van der Waals surface area contributed by atoms with Crippen LogP contribution < -0.4 is 5.73 Å². The van der Waals surface area contributed by atoms with Crippen molar-refractivity contribution in [2.24, 2.45) is 11.8 Å².